The molecule has 0 radical (unpaired) electrons. The van der Waals surface area contributed by atoms with E-state index < -0.39 is 11.9 Å². The molecule has 5 rings (SSSR count). The van der Waals surface area contributed by atoms with Crippen molar-refractivity contribution in [2.45, 2.75) is 106 Å². The third-order valence-corrected chi connectivity index (χ3v) is 14.0. The molecule has 2 bridgehead atoms. The van der Waals surface area contributed by atoms with Crippen LogP contribution in [0.25, 0.3) is 0 Å². The summed E-state index contributed by atoms with van der Waals surface area (Å²) < 4.78 is 19.1. The van der Waals surface area contributed by atoms with Crippen LogP contribution in [-0.2, 0) is 23.8 Å². The summed E-state index contributed by atoms with van der Waals surface area (Å²) in [6.07, 6.45) is 7.44. The average Bonchev–Trinajstić information content (AvgIpc) is 2.90. The SMILES string of the molecule is CNCCO[C@H]1[C@H](OC(C)=O)C[C@@]23COC[C@]1(C)[C@@H]2CC[C@H]1C3=CC[C@@]2(C)[C@H](C(=O)O)[C@@](C)([C@H](C)C(C)C)CC[C@]12C. The fourth-order valence-electron chi connectivity index (χ4n) is 11.5. The van der Waals surface area contributed by atoms with Gasteiger partial charge in [-0.05, 0) is 85.5 Å². The first-order valence-corrected chi connectivity index (χ1v) is 16.6. The summed E-state index contributed by atoms with van der Waals surface area (Å²) in [4.78, 5) is 25.7. The van der Waals surface area contributed by atoms with Gasteiger partial charge in [0.05, 0.1) is 25.7 Å². The highest BCUT2D eigenvalue weighted by Gasteiger charge is 2.72. The van der Waals surface area contributed by atoms with E-state index in [9.17, 15) is 14.7 Å². The van der Waals surface area contributed by atoms with Crippen molar-refractivity contribution in [3.63, 3.8) is 0 Å². The van der Waals surface area contributed by atoms with E-state index >= 15 is 0 Å². The lowest BCUT2D eigenvalue weighted by molar-refractivity contribution is -0.266. The van der Waals surface area contributed by atoms with E-state index in [4.69, 9.17) is 14.2 Å². The summed E-state index contributed by atoms with van der Waals surface area (Å²) in [7, 11) is 1.92. The maximum Gasteiger partial charge on any atom is 0.307 e. The zero-order chi connectivity index (χ0) is 30.9. The quantitative estimate of drug-likeness (QED) is 0.201. The van der Waals surface area contributed by atoms with Crippen LogP contribution < -0.4 is 5.32 Å². The Morgan fingerprint density at radius 3 is 2.43 bits per heavy atom. The molecule has 7 nitrogen and oxygen atoms in total. The third kappa shape index (κ3) is 4.37. The van der Waals surface area contributed by atoms with Gasteiger partial charge in [-0.3, -0.25) is 9.59 Å². The van der Waals surface area contributed by atoms with Crippen molar-refractivity contribution in [1.29, 1.82) is 0 Å². The molecule has 7 heteroatoms. The van der Waals surface area contributed by atoms with Crippen LogP contribution in [0.1, 0.15) is 93.9 Å². The molecule has 238 valence electrons. The van der Waals surface area contributed by atoms with Gasteiger partial charge < -0.3 is 24.6 Å². The molecule has 1 aliphatic heterocycles. The van der Waals surface area contributed by atoms with Gasteiger partial charge in [-0.1, -0.05) is 60.1 Å². The Bertz CT molecular complexity index is 1110. The van der Waals surface area contributed by atoms with Gasteiger partial charge >= 0.3 is 11.9 Å². The number of nitrogens with one attached hydrogen (secondary N) is 1. The summed E-state index contributed by atoms with van der Waals surface area (Å²) in [5, 5.41) is 14.1. The molecule has 1 heterocycles. The Morgan fingerprint density at radius 1 is 1.10 bits per heavy atom. The van der Waals surface area contributed by atoms with Crippen molar-refractivity contribution < 1.29 is 28.9 Å². The van der Waals surface area contributed by atoms with Crippen molar-refractivity contribution in [3.05, 3.63) is 11.6 Å². The molecule has 0 aromatic carbocycles. The lowest BCUT2D eigenvalue weighted by Gasteiger charge is -2.71. The number of esters is 1. The first kappa shape index (κ1) is 32.0. The van der Waals surface area contributed by atoms with Gasteiger partial charge in [-0.15, -0.1) is 0 Å². The number of carboxylic acids is 1. The Morgan fingerprint density at radius 2 is 1.81 bits per heavy atom. The molecule has 3 saturated carbocycles. The van der Waals surface area contributed by atoms with E-state index in [0.717, 1.165) is 38.6 Å². The highest BCUT2D eigenvalue weighted by Crippen LogP contribution is 2.75. The fraction of sp³-hybridized carbons (Fsp3) is 0.886. The third-order valence-electron chi connectivity index (χ3n) is 14.0. The second-order valence-electron chi connectivity index (χ2n) is 16.1. The summed E-state index contributed by atoms with van der Waals surface area (Å²) in [5.74, 6) is 0.0883. The highest BCUT2D eigenvalue weighted by atomic mass is 16.6. The molecule has 11 atom stereocenters. The number of carboxylic acid groups (broad SMARTS) is 1. The number of likely N-dealkylation sites (N-methyl/N-ethyl adjacent to an activating group) is 1. The molecule has 1 saturated heterocycles. The van der Waals surface area contributed by atoms with Crippen LogP contribution in [0.3, 0.4) is 0 Å². The lowest BCUT2D eigenvalue weighted by Crippen LogP contribution is -2.70. The summed E-state index contributed by atoms with van der Waals surface area (Å²) in [6, 6.07) is 0. The van der Waals surface area contributed by atoms with Crippen LogP contribution in [-0.4, -0.2) is 62.7 Å². The smallest absolute Gasteiger partial charge is 0.307 e. The number of rotatable bonds is 8. The minimum atomic E-state index is -0.634. The van der Waals surface area contributed by atoms with Gasteiger partial charge in [0.15, 0.2) is 0 Å². The molecular formula is C35H57NO6. The molecule has 0 aromatic rings. The second kappa shape index (κ2) is 10.9. The van der Waals surface area contributed by atoms with Gasteiger partial charge in [0, 0.05) is 24.3 Å². The number of ether oxygens (including phenoxy) is 3. The second-order valence-corrected chi connectivity index (χ2v) is 16.1. The van der Waals surface area contributed by atoms with Gasteiger partial charge in [0.25, 0.3) is 0 Å². The maximum atomic E-state index is 13.3. The summed E-state index contributed by atoms with van der Waals surface area (Å²) in [6.45, 7) is 20.0. The predicted molar refractivity (Wildman–Crippen MR) is 163 cm³/mol. The highest BCUT2D eigenvalue weighted by molar-refractivity contribution is 5.73. The van der Waals surface area contributed by atoms with Crippen molar-refractivity contribution in [1.82, 2.24) is 5.32 Å². The van der Waals surface area contributed by atoms with Crippen LogP contribution in [0.15, 0.2) is 11.6 Å². The molecule has 42 heavy (non-hydrogen) atoms. The van der Waals surface area contributed by atoms with E-state index in [1.165, 1.54) is 12.5 Å². The Hall–Kier alpha value is -1.44. The number of aliphatic carboxylic acids is 1. The van der Waals surface area contributed by atoms with Crippen molar-refractivity contribution in [2.75, 3.05) is 33.4 Å². The minimum absolute atomic E-state index is 0.138. The summed E-state index contributed by atoms with van der Waals surface area (Å²) >= 11 is 0. The lowest BCUT2D eigenvalue weighted by atomic mass is 9.34. The Labute approximate surface area is 253 Å². The topological polar surface area (TPSA) is 94.1 Å². The molecule has 0 unspecified atom stereocenters. The van der Waals surface area contributed by atoms with Gasteiger partial charge in [0.1, 0.15) is 12.2 Å². The van der Waals surface area contributed by atoms with Gasteiger partial charge in [-0.25, -0.2) is 0 Å². The Balaban J connectivity index is 1.59. The predicted octanol–water partition coefficient (Wildman–Crippen LogP) is 6.11. The fourth-order valence-corrected chi connectivity index (χ4v) is 11.5. The van der Waals surface area contributed by atoms with E-state index in [1.54, 1.807) is 0 Å². The number of carbonyl (C=O) groups excluding carboxylic acids is 1. The molecule has 2 N–H and O–H groups in total. The zero-order valence-electron chi connectivity index (χ0n) is 27.7. The van der Waals surface area contributed by atoms with Crippen LogP contribution in [0, 0.1) is 56.7 Å². The first-order chi connectivity index (χ1) is 19.6. The van der Waals surface area contributed by atoms with Crippen LogP contribution >= 0.6 is 0 Å². The molecular weight excluding hydrogens is 530 g/mol. The van der Waals surface area contributed by atoms with Crippen molar-refractivity contribution >= 4 is 11.9 Å². The number of fused-ring (bicyclic) bond motifs is 3. The monoisotopic (exact) mass is 587 g/mol. The number of hydrogen-bond acceptors (Lipinski definition) is 6. The van der Waals surface area contributed by atoms with Crippen LogP contribution in [0.2, 0.25) is 0 Å². The molecule has 0 aromatic heterocycles. The van der Waals surface area contributed by atoms with Crippen LogP contribution in [0.5, 0.6) is 0 Å². The normalized spacial score (nSPS) is 47.0. The van der Waals surface area contributed by atoms with Crippen molar-refractivity contribution in [3.8, 4) is 0 Å². The first-order valence-electron chi connectivity index (χ1n) is 16.6. The molecule has 0 amide bonds. The molecule has 5 aliphatic rings. The van der Waals surface area contributed by atoms with Crippen molar-refractivity contribution in [2.24, 2.45) is 56.7 Å². The van der Waals surface area contributed by atoms with E-state index in [2.05, 4.69) is 59.9 Å². The summed E-state index contributed by atoms with van der Waals surface area (Å²) in [5.41, 5.74) is 0.202. The maximum absolute atomic E-state index is 13.3. The van der Waals surface area contributed by atoms with E-state index in [0.29, 0.717) is 49.9 Å². The molecule has 4 fully saturated rings. The van der Waals surface area contributed by atoms with Gasteiger partial charge in [-0.2, -0.15) is 0 Å². The van der Waals surface area contributed by atoms with E-state index in [1.807, 2.05) is 7.05 Å². The molecule has 4 aliphatic carbocycles. The van der Waals surface area contributed by atoms with E-state index in [-0.39, 0.29) is 45.3 Å². The minimum Gasteiger partial charge on any atom is -0.481 e. The largest absolute Gasteiger partial charge is 0.481 e. The zero-order valence-corrected chi connectivity index (χ0v) is 27.7. The number of carbonyl (C=O) groups is 2. The van der Waals surface area contributed by atoms with Crippen LogP contribution in [0.4, 0.5) is 0 Å². The number of hydrogen-bond donors (Lipinski definition) is 2. The number of allylic oxidation sites excluding steroid dienone is 1. The standard InChI is InChI=1S/C35H57NO6/c1-21(2)22(3)31(5)14-15-33(7)24-10-11-27-32(6)19-40-20-35(27,25(24)12-13-34(33,8)28(31)30(38)39)18-26(42-23(4)37)29(32)41-17-16-36-9/h12,21-22,24,26-29,36H,10-11,13-20H2,1-9H3,(H,38,39)/t22-,24+,26-,27+,28-,29+,31-,32-,33-,34+,35+/m1/s1. The van der Waals surface area contributed by atoms with Gasteiger partial charge in [0.2, 0.25) is 0 Å². The Kier molecular flexibility index (Phi) is 8.27. The molecule has 0 spiro atoms. The average molecular weight is 588 g/mol.